The molecule has 112 valence electrons. The summed E-state index contributed by atoms with van der Waals surface area (Å²) in [4.78, 5) is 16.9. The molecule has 1 saturated heterocycles. The van der Waals surface area contributed by atoms with Crippen molar-refractivity contribution in [3.8, 4) is 0 Å². The molecule has 1 unspecified atom stereocenters. The van der Waals surface area contributed by atoms with Crippen LogP contribution in [0.15, 0.2) is 6.07 Å². The van der Waals surface area contributed by atoms with Crippen molar-refractivity contribution in [1.82, 2.24) is 10.2 Å². The summed E-state index contributed by atoms with van der Waals surface area (Å²) in [5, 5.41) is 3.54. The molecular formula is C16H26N2OS. The Labute approximate surface area is 126 Å². The van der Waals surface area contributed by atoms with Crippen LogP contribution in [0.2, 0.25) is 0 Å². The van der Waals surface area contributed by atoms with Crippen LogP contribution in [0, 0.1) is 13.8 Å². The van der Waals surface area contributed by atoms with Crippen LogP contribution in [-0.2, 0) is 0 Å². The van der Waals surface area contributed by atoms with E-state index in [1.807, 2.05) is 11.0 Å². The van der Waals surface area contributed by atoms with Crippen LogP contribution < -0.4 is 5.32 Å². The Balaban J connectivity index is 2.09. The summed E-state index contributed by atoms with van der Waals surface area (Å²) in [5.74, 6) is 0.188. The number of carbonyl (C=O) groups is 1. The smallest absolute Gasteiger partial charge is 0.264 e. The fraction of sp³-hybridized carbons (Fsp3) is 0.688. The molecule has 0 saturated carbocycles. The summed E-state index contributed by atoms with van der Waals surface area (Å²) in [6.45, 7) is 10.3. The first kappa shape index (κ1) is 15.5. The number of thiophene rings is 1. The minimum absolute atomic E-state index is 0.188. The average molecular weight is 294 g/mol. The van der Waals surface area contributed by atoms with E-state index in [-0.39, 0.29) is 11.9 Å². The summed E-state index contributed by atoms with van der Waals surface area (Å²) in [6, 6.07) is 2.73. The molecular weight excluding hydrogens is 268 g/mol. The second kappa shape index (κ2) is 6.72. The molecule has 0 aromatic carbocycles. The molecule has 1 fully saturated rings. The van der Waals surface area contributed by atoms with E-state index in [1.165, 1.54) is 29.7 Å². The van der Waals surface area contributed by atoms with Crippen LogP contribution in [-0.4, -0.2) is 36.0 Å². The zero-order valence-electron chi connectivity index (χ0n) is 13.0. The number of nitrogens with zero attached hydrogens (tertiary/aromatic N) is 1. The number of hydrogen-bond acceptors (Lipinski definition) is 3. The number of hydrogen-bond donors (Lipinski definition) is 1. The van der Waals surface area contributed by atoms with Crippen molar-refractivity contribution in [3.05, 3.63) is 21.4 Å². The number of carbonyl (C=O) groups excluding carboxylic acids is 1. The van der Waals surface area contributed by atoms with Crippen LogP contribution in [0.3, 0.4) is 0 Å². The predicted octanol–water partition coefficient (Wildman–Crippen LogP) is 3.36. The maximum absolute atomic E-state index is 12.7. The topological polar surface area (TPSA) is 32.3 Å². The number of aryl methyl sites for hydroxylation is 2. The molecule has 2 rings (SSSR count). The third kappa shape index (κ3) is 3.61. The molecule has 1 atom stereocenters. The van der Waals surface area contributed by atoms with E-state index >= 15 is 0 Å². The van der Waals surface area contributed by atoms with Crippen LogP contribution in [0.1, 0.15) is 53.2 Å². The maximum atomic E-state index is 12.7. The van der Waals surface area contributed by atoms with E-state index < -0.39 is 0 Å². The van der Waals surface area contributed by atoms with E-state index in [9.17, 15) is 4.79 Å². The lowest BCUT2D eigenvalue weighted by Gasteiger charge is -2.33. The Kier molecular flexibility index (Phi) is 5.22. The minimum Gasteiger partial charge on any atom is -0.334 e. The van der Waals surface area contributed by atoms with E-state index in [1.54, 1.807) is 11.3 Å². The Morgan fingerprint density at radius 2 is 2.20 bits per heavy atom. The Morgan fingerprint density at radius 1 is 1.45 bits per heavy atom. The summed E-state index contributed by atoms with van der Waals surface area (Å²) in [6.07, 6.45) is 3.71. The second-order valence-corrected chi connectivity index (χ2v) is 7.30. The van der Waals surface area contributed by atoms with E-state index in [2.05, 4.69) is 33.0 Å². The molecule has 1 N–H and O–H groups in total. The summed E-state index contributed by atoms with van der Waals surface area (Å²) in [7, 11) is 0. The van der Waals surface area contributed by atoms with Crippen LogP contribution >= 0.6 is 11.3 Å². The SMILES string of the molecule is Cc1cc(C(=O)N(CC2CCCCN2)C(C)C)sc1C. The number of nitrogens with one attached hydrogen (secondary N) is 1. The molecule has 4 heteroatoms. The molecule has 1 aliphatic rings. The standard InChI is InChI=1S/C16H26N2OS/c1-11(2)18(10-14-7-5-6-8-17-14)16(19)15-9-12(3)13(4)20-15/h9,11,14,17H,5-8,10H2,1-4H3. The van der Waals surface area contributed by atoms with Crippen molar-refractivity contribution >= 4 is 17.2 Å². The third-order valence-corrected chi connectivity index (χ3v) is 5.23. The lowest BCUT2D eigenvalue weighted by Crippen LogP contribution is -2.48. The molecule has 0 aliphatic carbocycles. The Hall–Kier alpha value is -0.870. The fourth-order valence-electron chi connectivity index (χ4n) is 2.67. The molecule has 1 aliphatic heterocycles. The highest BCUT2D eigenvalue weighted by Gasteiger charge is 2.24. The van der Waals surface area contributed by atoms with Gasteiger partial charge in [0.15, 0.2) is 0 Å². The zero-order chi connectivity index (χ0) is 14.7. The third-order valence-electron chi connectivity index (χ3n) is 4.09. The van der Waals surface area contributed by atoms with Crippen molar-refractivity contribution in [2.24, 2.45) is 0 Å². The van der Waals surface area contributed by atoms with Crippen molar-refractivity contribution in [2.75, 3.05) is 13.1 Å². The molecule has 3 nitrogen and oxygen atoms in total. The lowest BCUT2D eigenvalue weighted by molar-refractivity contribution is 0.0681. The second-order valence-electron chi connectivity index (χ2n) is 6.05. The summed E-state index contributed by atoms with van der Waals surface area (Å²) < 4.78 is 0. The minimum atomic E-state index is 0.188. The predicted molar refractivity (Wildman–Crippen MR) is 85.6 cm³/mol. The first-order valence-corrected chi connectivity index (χ1v) is 8.42. The van der Waals surface area contributed by atoms with Crippen molar-refractivity contribution < 1.29 is 4.79 Å². The first-order valence-electron chi connectivity index (χ1n) is 7.60. The average Bonchev–Trinajstić information content (AvgIpc) is 2.76. The van der Waals surface area contributed by atoms with Gasteiger partial charge in [-0.15, -0.1) is 11.3 Å². The Bertz CT molecular complexity index is 442. The van der Waals surface area contributed by atoms with Gasteiger partial charge < -0.3 is 10.2 Å². The lowest BCUT2D eigenvalue weighted by atomic mass is 10.0. The summed E-state index contributed by atoms with van der Waals surface area (Å²) >= 11 is 1.62. The van der Waals surface area contributed by atoms with Gasteiger partial charge in [-0.2, -0.15) is 0 Å². The van der Waals surface area contributed by atoms with Crippen LogP contribution in [0.25, 0.3) is 0 Å². The molecule has 0 bridgehead atoms. The summed E-state index contributed by atoms with van der Waals surface area (Å²) in [5.41, 5.74) is 1.22. The highest BCUT2D eigenvalue weighted by molar-refractivity contribution is 7.14. The maximum Gasteiger partial charge on any atom is 0.264 e. The number of piperidine rings is 1. The van der Waals surface area contributed by atoms with Gasteiger partial charge >= 0.3 is 0 Å². The quantitative estimate of drug-likeness (QED) is 0.923. The van der Waals surface area contributed by atoms with Crippen molar-refractivity contribution in [3.63, 3.8) is 0 Å². The number of amides is 1. The van der Waals surface area contributed by atoms with Gasteiger partial charge in [0, 0.05) is 23.5 Å². The molecule has 0 radical (unpaired) electrons. The highest BCUT2D eigenvalue weighted by atomic mass is 32.1. The van der Waals surface area contributed by atoms with Crippen LogP contribution in [0.4, 0.5) is 0 Å². The van der Waals surface area contributed by atoms with Gasteiger partial charge in [0.25, 0.3) is 5.91 Å². The molecule has 1 aromatic rings. The molecule has 0 spiro atoms. The number of rotatable bonds is 4. The molecule has 20 heavy (non-hydrogen) atoms. The van der Waals surface area contributed by atoms with Gasteiger partial charge in [0.1, 0.15) is 0 Å². The van der Waals surface area contributed by atoms with Gasteiger partial charge in [-0.3, -0.25) is 4.79 Å². The van der Waals surface area contributed by atoms with Gasteiger partial charge in [-0.1, -0.05) is 6.42 Å². The van der Waals surface area contributed by atoms with Crippen molar-refractivity contribution in [1.29, 1.82) is 0 Å². The van der Waals surface area contributed by atoms with E-state index in [0.29, 0.717) is 6.04 Å². The first-order chi connectivity index (χ1) is 9.49. The van der Waals surface area contributed by atoms with Gasteiger partial charge in [-0.05, 0) is 58.7 Å². The fourth-order valence-corrected chi connectivity index (χ4v) is 3.66. The van der Waals surface area contributed by atoms with Crippen molar-refractivity contribution in [2.45, 2.75) is 59.0 Å². The normalized spacial score (nSPS) is 19.4. The van der Waals surface area contributed by atoms with Gasteiger partial charge in [0.2, 0.25) is 0 Å². The zero-order valence-corrected chi connectivity index (χ0v) is 13.8. The van der Waals surface area contributed by atoms with Crippen LogP contribution in [0.5, 0.6) is 0 Å². The van der Waals surface area contributed by atoms with Gasteiger partial charge in [0.05, 0.1) is 4.88 Å². The van der Waals surface area contributed by atoms with E-state index in [0.717, 1.165) is 18.0 Å². The highest BCUT2D eigenvalue weighted by Crippen LogP contribution is 2.23. The Morgan fingerprint density at radius 3 is 2.70 bits per heavy atom. The molecule has 1 amide bonds. The van der Waals surface area contributed by atoms with Gasteiger partial charge in [-0.25, -0.2) is 0 Å². The largest absolute Gasteiger partial charge is 0.334 e. The molecule has 1 aromatic heterocycles. The monoisotopic (exact) mass is 294 g/mol. The molecule has 2 heterocycles. The van der Waals surface area contributed by atoms with E-state index in [4.69, 9.17) is 0 Å².